The number of carbonyl (C=O) groups is 1. The smallest absolute Gasteiger partial charge is 0.227 e. The van der Waals surface area contributed by atoms with E-state index in [2.05, 4.69) is 38.2 Å². The fourth-order valence-electron chi connectivity index (χ4n) is 2.62. The Bertz CT molecular complexity index is 487. The molecule has 0 radical (unpaired) electrons. The lowest BCUT2D eigenvalue weighted by Crippen LogP contribution is -2.39. The Kier molecular flexibility index (Phi) is 4.29. The van der Waals surface area contributed by atoms with E-state index >= 15 is 0 Å². The fourth-order valence-corrected chi connectivity index (χ4v) is 2.62. The minimum atomic E-state index is -0.0986. The zero-order chi connectivity index (χ0) is 14.8. The number of hydrogen-bond acceptors (Lipinski definition) is 2. The normalized spacial score (nSPS) is 23.6. The number of nitrogens with one attached hydrogen (secondary N) is 1. The molecule has 3 atom stereocenters. The highest BCUT2D eigenvalue weighted by atomic mass is 16.1. The third-order valence-corrected chi connectivity index (χ3v) is 3.74. The highest BCUT2D eigenvalue weighted by molar-refractivity contribution is 5.81. The van der Waals surface area contributed by atoms with Crippen LogP contribution in [-0.4, -0.2) is 11.9 Å². The number of rotatable bonds is 3. The molecule has 20 heavy (non-hydrogen) atoms. The van der Waals surface area contributed by atoms with Gasteiger partial charge in [-0.1, -0.05) is 63.3 Å². The van der Waals surface area contributed by atoms with Crippen LogP contribution in [0.1, 0.15) is 38.8 Å². The molecule has 1 aromatic carbocycles. The van der Waals surface area contributed by atoms with E-state index in [1.165, 1.54) is 0 Å². The third kappa shape index (κ3) is 3.48. The first-order valence-electron chi connectivity index (χ1n) is 7.17. The summed E-state index contributed by atoms with van der Waals surface area (Å²) >= 11 is 0. The molecule has 0 bridgehead atoms. The number of hydrogen-bond donors (Lipinski definition) is 2. The summed E-state index contributed by atoms with van der Waals surface area (Å²) in [4.78, 5) is 12.4. The molecule has 3 N–H and O–H groups in total. The van der Waals surface area contributed by atoms with E-state index in [1.54, 1.807) is 0 Å². The molecule has 0 saturated carbocycles. The topological polar surface area (TPSA) is 55.1 Å². The van der Waals surface area contributed by atoms with Crippen molar-refractivity contribution in [3.8, 4) is 0 Å². The Morgan fingerprint density at radius 2 is 1.90 bits per heavy atom. The molecule has 3 heteroatoms. The number of carbonyl (C=O) groups excluding carboxylic acids is 1. The van der Waals surface area contributed by atoms with Gasteiger partial charge in [-0.3, -0.25) is 4.79 Å². The van der Waals surface area contributed by atoms with Gasteiger partial charge < -0.3 is 11.1 Å². The first-order chi connectivity index (χ1) is 9.38. The summed E-state index contributed by atoms with van der Waals surface area (Å²) in [6.45, 7) is 6.42. The quantitative estimate of drug-likeness (QED) is 0.831. The maximum absolute atomic E-state index is 12.4. The predicted molar refractivity (Wildman–Crippen MR) is 82.0 cm³/mol. The molecule has 0 aliphatic heterocycles. The zero-order valence-corrected chi connectivity index (χ0v) is 12.5. The maximum Gasteiger partial charge on any atom is 0.227 e. The molecule has 0 saturated heterocycles. The van der Waals surface area contributed by atoms with Crippen molar-refractivity contribution in [2.45, 2.75) is 39.3 Å². The molecule has 1 aromatic rings. The van der Waals surface area contributed by atoms with Crippen LogP contribution >= 0.6 is 0 Å². The monoisotopic (exact) mass is 272 g/mol. The predicted octanol–water partition coefficient (Wildman–Crippen LogP) is 2.79. The van der Waals surface area contributed by atoms with Crippen molar-refractivity contribution in [2.75, 3.05) is 0 Å². The summed E-state index contributed by atoms with van der Waals surface area (Å²) in [6, 6.07) is 10.1. The van der Waals surface area contributed by atoms with E-state index in [4.69, 9.17) is 5.73 Å². The van der Waals surface area contributed by atoms with Crippen molar-refractivity contribution in [1.29, 1.82) is 0 Å². The van der Waals surface area contributed by atoms with E-state index in [-0.39, 0.29) is 29.3 Å². The van der Waals surface area contributed by atoms with Crippen LogP contribution in [-0.2, 0) is 4.79 Å². The molecular weight excluding hydrogens is 248 g/mol. The van der Waals surface area contributed by atoms with Gasteiger partial charge in [0.15, 0.2) is 0 Å². The van der Waals surface area contributed by atoms with Crippen molar-refractivity contribution in [3.63, 3.8) is 0 Å². The Morgan fingerprint density at radius 1 is 1.25 bits per heavy atom. The Morgan fingerprint density at radius 3 is 2.40 bits per heavy atom. The van der Waals surface area contributed by atoms with E-state index < -0.39 is 0 Å². The fraction of sp³-hybridized carbons (Fsp3) is 0.471. The molecule has 3 unspecified atom stereocenters. The Labute approximate surface area is 121 Å². The number of benzene rings is 1. The Hall–Kier alpha value is -1.61. The van der Waals surface area contributed by atoms with Gasteiger partial charge in [0.1, 0.15) is 0 Å². The van der Waals surface area contributed by atoms with Crippen LogP contribution in [0.3, 0.4) is 0 Å². The van der Waals surface area contributed by atoms with Gasteiger partial charge in [0.05, 0.1) is 12.0 Å². The molecule has 108 valence electrons. The van der Waals surface area contributed by atoms with Gasteiger partial charge in [-0.15, -0.1) is 0 Å². The van der Waals surface area contributed by atoms with Crippen molar-refractivity contribution < 1.29 is 4.79 Å². The van der Waals surface area contributed by atoms with Crippen LogP contribution in [0.5, 0.6) is 0 Å². The van der Waals surface area contributed by atoms with Gasteiger partial charge in [0, 0.05) is 6.04 Å². The maximum atomic E-state index is 12.4. The van der Waals surface area contributed by atoms with E-state index in [1.807, 2.05) is 30.4 Å². The average Bonchev–Trinajstić information content (AvgIpc) is 2.82. The van der Waals surface area contributed by atoms with Crippen LogP contribution in [0, 0.1) is 11.3 Å². The van der Waals surface area contributed by atoms with Crippen LogP contribution in [0.4, 0.5) is 0 Å². The Balaban J connectivity index is 2.13. The molecule has 0 spiro atoms. The summed E-state index contributed by atoms with van der Waals surface area (Å²) in [5.74, 6) is -0.0310. The minimum absolute atomic E-state index is 0.00132. The highest BCUT2D eigenvalue weighted by Crippen LogP contribution is 2.33. The molecular formula is C17H24N2O. The van der Waals surface area contributed by atoms with Gasteiger partial charge >= 0.3 is 0 Å². The highest BCUT2D eigenvalue weighted by Gasteiger charge is 2.31. The summed E-state index contributed by atoms with van der Waals surface area (Å²) in [7, 11) is 0. The van der Waals surface area contributed by atoms with Gasteiger partial charge in [0.2, 0.25) is 5.91 Å². The molecule has 3 nitrogen and oxygen atoms in total. The molecule has 0 aromatic heterocycles. The van der Waals surface area contributed by atoms with Crippen LogP contribution in [0.15, 0.2) is 42.5 Å². The summed E-state index contributed by atoms with van der Waals surface area (Å²) in [5.41, 5.74) is 6.92. The van der Waals surface area contributed by atoms with Crippen LogP contribution < -0.4 is 11.1 Å². The zero-order valence-electron chi connectivity index (χ0n) is 12.5. The second-order valence-corrected chi connectivity index (χ2v) is 6.61. The number of amides is 1. The van der Waals surface area contributed by atoms with Gasteiger partial charge in [-0.25, -0.2) is 0 Å². The van der Waals surface area contributed by atoms with E-state index in [9.17, 15) is 4.79 Å². The van der Waals surface area contributed by atoms with Crippen molar-refractivity contribution >= 4 is 5.91 Å². The lowest BCUT2D eigenvalue weighted by Gasteiger charge is -2.32. The molecule has 1 aliphatic carbocycles. The van der Waals surface area contributed by atoms with Crippen molar-refractivity contribution in [1.82, 2.24) is 5.32 Å². The van der Waals surface area contributed by atoms with E-state index in [0.717, 1.165) is 5.56 Å². The van der Waals surface area contributed by atoms with Gasteiger partial charge in [-0.2, -0.15) is 0 Å². The van der Waals surface area contributed by atoms with Gasteiger partial charge in [0.25, 0.3) is 0 Å². The first kappa shape index (κ1) is 14.8. The largest absolute Gasteiger partial charge is 0.348 e. The molecule has 0 fully saturated rings. The van der Waals surface area contributed by atoms with Gasteiger partial charge in [-0.05, 0) is 17.4 Å². The molecule has 1 amide bonds. The minimum Gasteiger partial charge on any atom is -0.348 e. The summed E-state index contributed by atoms with van der Waals surface area (Å²) in [5, 5.41) is 3.19. The van der Waals surface area contributed by atoms with Crippen molar-refractivity contribution in [2.24, 2.45) is 17.1 Å². The summed E-state index contributed by atoms with van der Waals surface area (Å²) < 4.78 is 0. The lowest BCUT2D eigenvalue weighted by molar-refractivity contribution is -0.125. The van der Waals surface area contributed by atoms with E-state index in [0.29, 0.717) is 6.42 Å². The SMILES string of the molecule is CC(C)(C)C(NC(=O)C1C=CC(N)C1)c1ccccc1. The van der Waals surface area contributed by atoms with Crippen LogP contribution in [0.25, 0.3) is 0 Å². The standard InChI is InChI=1S/C17H24N2O/c1-17(2,3)15(12-7-5-4-6-8-12)19-16(20)13-9-10-14(18)11-13/h4-10,13-15H,11,18H2,1-3H3,(H,19,20). The molecule has 2 rings (SSSR count). The second-order valence-electron chi connectivity index (χ2n) is 6.61. The average molecular weight is 272 g/mol. The van der Waals surface area contributed by atoms with Crippen molar-refractivity contribution in [3.05, 3.63) is 48.0 Å². The number of nitrogens with two attached hydrogens (primary N) is 1. The lowest BCUT2D eigenvalue weighted by atomic mass is 9.82. The molecule has 1 aliphatic rings. The first-order valence-corrected chi connectivity index (χ1v) is 7.17. The summed E-state index contributed by atoms with van der Waals surface area (Å²) in [6.07, 6.45) is 4.54. The third-order valence-electron chi connectivity index (χ3n) is 3.74. The second kappa shape index (κ2) is 5.80. The molecule has 0 heterocycles. The van der Waals surface area contributed by atoms with Crippen LogP contribution in [0.2, 0.25) is 0 Å².